The summed E-state index contributed by atoms with van der Waals surface area (Å²) in [6, 6.07) is 12.6. The fourth-order valence-electron chi connectivity index (χ4n) is 3.00. The number of hydrogen-bond acceptors (Lipinski definition) is 2. The zero-order chi connectivity index (χ0) is 17.5. The van der Waals surface area contributed by atoms with E-state index in [1.807, 2.05) is 12.1 Å². The molecule has 0 aromatic heterocycles. The van der Waals surface area contributed by atoms with Crippen molar-refractivity contribution in [2.45, 2.75) is 46.1 Å². The summed E-state index contributed by atoms with van der Waals surface area (Å²) in [7, 11) is 1.72. The molecule has 2 rings (SSSR count). The summed E-state index contributed by atoms with van der Waals surface area (Å²) in [5.74, 6) is 1.50. The Morgan fingerprint density at radius 2 is 1.96 bits per heavy atom. The molecule has 2 nitrogen and oxygen atoms in total. The highest BCUT2D eigenvalue weighted by Gasteiger charge is 2.10. The Balaban J connectivity index is 1.97. The monoisotopic (exact) mass is 345 g/mol. The first-order valence-corrected chi connectivity index (χ1v) is 9.04. The van der Waals surface area contributed by atoms with Gasteiger partial charge in [-0.05, 0) is 78.7 Å². The fraction of sp³-hybridized carbons (Fsp3) is 0.429. The number of hydrogen-bond donors (Lipinski definition) is 1. The Morgan fingerprint density at radius 1 is 1.17 bits per heavy atom. The molecule has 0 aliphatic rings. The Bertz CT molecular complexity index is 649. The van der Waals surface area contributed by atoms with Crippen molar-refractivity contribution in [1.82, 2.24) is 5.32 Å². The lowest BCUT2D eigenvalue weighted by Crippen LogP contribution is -2.17. The minimum absolute atomic E-state index is 0.571. The van der Waals surface area contributed by atoms with Crippen LogP contribution in [0.5, 0.6) is 5.75 Å². The molecule has 0 amide bonds. The first-order valence-electron chi connectivity index (χ1n) is 8.67. The maximum atomic E-state index is 6.12. The van der Waals surface area contributed by atoms with Crippen LogP contribution in [-0.4, -0.2) is 13.7 Å². The normalized spacial score (nSPS) is 12.2. The second kappa shape index (κ2) is 9.10. The molecule has 0 fully saturated rings. The van der Waals surface area contributed by atoms with Gasteiger partial charge in [0.15, 0.2) is 0 Å². The van der Waals surface area contributed by atoms with Crippen LogP contribution in [0.2, 0.25) is 5.02 Å². The highest BCUT2D eigenvalue weighted by atomic mass is 35.5. The van der Waals surface area contributed by atoms with Crippen LogP contribution in [0, 0.1) is 6.92 Å². The van der Waals surface area contributed by atoms with Crippen LogP contribution in [-0.2, 0) is 13.0 Å². The number of halogens is 1. The van der Waals surface area contributed by atoms with E-state index in [0.717, 1.165) is 36.7 Å². The van der Waals surface area contributed by atoms with E-state index in [2.05, 4.69) is 50.4 Å². The van der Waals surface area contributed by atoms with Crippen LogP contribution in [0.3, 0.4) is 0 Å². The zero-order valence-corrected chi connectivity index (χ0v) is 15.9. The number of aryl methyl sites for hydroxylation is 1. The number of ether oxygens (including phenoxy) is 1. The number of methoxy groups -OCH3 is 1. The van der Waals surface area contributed by atoms with Gasteiger partial charge in [-0.1, -0.05) is 37.6 Å². The maximum absolute atomic E-state index is 6.12. The standard InChI is InChI=1S/C21H28ClNO/c1-5-16(3)21-7-6-20(24-4)13-18(21)8-9-23-14-17-10-15(2)11-19(22)12-17/h6-7,10-13,16,23H,5,8-9,14H2,1-4H3. The fourth-order valence-corrected chi connectivity index (χ4v) is 3.31. The first kappa shape index (κ1) is 18.8. The summed E-state index contributed by atoms with van der Waals surface area (Å²) in [5, 5.41) is 4.33. The van der Waals surface area contributed by atoms with E-state index >= 15 is 0 Å². The molecule has 0 aliphatic heterocycles. The average molecular weight is 346 g/mol. The van der Waals surface area contributed by atoms with Gasteiger partial charge in [0.25, 0.3) is 0 Å². The number of nitrogens with one attached hydrogen (secondary N) is 1. The molecule has 0 saturated carbocycles. The predicted molar refractivity (Wildman–Crippen MR) is 103 cm³/mol. The van der Waals surface area contributed by atoms with Gasteiger partial charge in [0.2, 0.25) is 0 Å². The lowest BCUT2D eigenvalue weighted by Gasteiger charge is -2.16. The highest BCUT2D eigenvalue weighted by Crippen LogP contribution is 2.26. The molecule has 1 atom stereocenters. The Morgan fingerprint density at radius 3 is 2.62 bits per heavy atom. The van der Waals surface area contributed by atoms with Crippen LogP contribution < -0.4 is 10.1 Å². The third-order valence-electron chi connectivity index (χ3n) is 4.50. The van der Waals surface area contributed by atoms with Gasteiger partial charge in [0, 0.05) is 11.6 Å². The van der Waals surface area contributed by atoms with Gasteiger partial charge >= 0.3 is 0 Å². The van der Waals surface area contributed by atoms with Crippen LogP contribution in [0.25, 0.3) is 0 Å². The van der Waals surface area contributed by atoms with E-state index in [4.69, 9.17) is 16.3 Å². The van der Waals surface area contributed by atoms with Crippen molar-refractivity contribution in [2.75, 3.05) is 13.7 Å². The summed E-state index contributed by atoms with van der Waals surface area (Å²) >= 11 is 6.12. The van der Waals surface area contributed by atoms with Crippen molar-refractivity contribution < 1.29 is 4.74 Å². The number of rotatable bonds is 8. The molecule has 0 spiro atoms. The first-order chi connectivity index (χ1) is 11.5. The molecule has 24 heavy (non-hydrogen) atoms. The Labute approximate surface area is 151 Å². The quantitative estimate of drug-likeness (QED) is 0.637. The maximum Gasteiger partial charge on any atom is 0.119 e. The second-order valence-electron chi connectivity index (χ2n) is 6.44. The van der Waals surface area contributed by atoms with Crippen LogP contribution in [0.15, 0.2) is 36.4 Å². The highest BCUT2D eigenvalue weighted by molar-refractivity contribution is 6.30. The van der Waals surface area contributed by atoms with Gasteiger partial charge in [-0.3, -0.25) is 0 Å². The Kier molecular flexibility index (Phi) is 7.14. The van der Waals surface area contributed by atoms with Crippen LogP contribution >= 0.6 is 11.6 Å². The topological polar surface area (TPSA) is 21.3 Å². The smallest absolute Gasteiger partial charge is 0.119 e. The van der Waals surface area contributed by atoms with Crippen molar-refractivity contribution in [3.63, 3.8) is 0 Å². The van der Waals surface area contributed by atoms with Crippen LogP contribution in [0.1, 0.15) is 48.4 Å². The van der Waals surface area contributed by atoms with E-state index in [1.54, 1.807) is 7.11 Å². The van der Waals surface area contributed by atoms with Gasteiger partial charge in [-0.15, -0.1) is 0 Å². The molecule has 0 heterocycles. The van der Waals surface area contributed by atoms with E-state index in [1.165, 1.54) is 22.3 Å². The third kappa shape index (κ3) is 5.25. The minimum Gasteiger partial charge on any atom is -0.497 e. The van der Waals surface area contributed by atoms with Crippen molar-refractivity contribution >= 4 is 11.6 Å². The molecule has 1 unspecified atom stereocenters. The van der Waals surface area contributed by atoms with Crippen LogP contribution in [0.4, 0.5) is 0 Å². The van der Waals surface area contributed by atoms with E-state index in [0.29, 0.717) is 5.92 Å². The summed E-state index contributed by atoms with van der Waals surface area (Å²) < 4.78 is 5.39. The zero-order valence-electron chi connectivity index (χ0n) is 15.2. The SMILES string of the molecule is CCC(C)c1ccc(OC)cc1CCNCc1cc(C)cc(Cl)c1. The molecule has 3 heteroatoms. The number of benzene rings is 2. The average Bonchev–Trinajstić information content (AvgIpc) is 2.57. The molecule has 2 aromatic rings. The van der Waals surface area contributed by atoms with Gasteiger partial charge in [0.1, 0.15) is 5.75 Å². The van der Waals surface area contributed by atoms with Gasteiger partial charge in [-0.2, -0.15) is 0 Å². The summed E-state index contributed by atoms with van der Waals surface area (Å²) in [6.07, 6.45) is 2.14. The van der Waals surface area contributed by atoms with Crippen molar-refractivity contribution in [2.24, 2.45) is 0 Å². The summed E-state index contributed by atoms with van der Waals surface area (Å²) in [6.45, 7) is 8.36. The summed E-state index contributed by atoms with van der Waals surface area (Å²) in [4.78, 5) is 0. The molecule has 1 N–H and O–H groups in total. The van der Waals surface area contributed by atoms with Gasteiger partial charge < -0.3 is 10.1 Å². The predicted octanol–water partition coefficient (Wildman–Crippen LogP) is 5.50. The largest absolute Gasteiger partial charge is 0.497 e. The molecule has 2 aromatic carbocycles. The van der Waals surface area contributed by atoms with E-state index in [-0.39, 0.29) is 0 Å². The molecule has 0 saturated heterocycles. The van der Waals surface area contributed by atoms with Crippen molar-refractivity contribution in [3.05, 3.63) is 63.7 Å². The molecule has 0 bridgehead atoms. The lowest BCUT2D eigenvalue weighted by molar-refractivity contribution is 0.414. The molecule has 130 valence electrons. The lowest BCUT2D eigenvalue weighted by atomic mass is 9.92. The Hall–Kier alpha value is -1.51. The molecular formula is C21H28ClNO. The van der Waals surface area contributed by atoms with Gasteiger partial charge in [0.05, 0.1) is 7.11 Å². The molecule has 0 aliphatic carbocycles. The van der Waals surface area contributed by atoms with E-state index < -0.39 is 0 Å². The molecule has 0 radical (unpaired) electrons. The summed E-state index contributed by atoms with van der Waals surface area (Å²) in [5.41, 5.74) is 5.23. The minimum atomic E-state index is 0.571. The van der Waals surface area contributed by atoms with Crippen molar-refractivity contribution in [3.8, 4) is 5.75 Å². The second-order valence-corrected chi connectivity index (χ2v) is 6.87. The van der Waals surface area contributed by atoms with E-state index in [9.17, 15) is 0 Å². The van der Waals surface area contributed by atoms with Crippen molar-refractivity contribution in [1.29, 1.82) is 0 Å². The third-order valence-corrected chi connectivity index (χ3v) is 4.71. The molecular weight excluding hydrogens is 318 g/mol. The van der Waals surface area contributed by atoms with Gasteiger partial charge in [-0.25, -0.2) is 0 Å².